The highest BCUT2D eigenvalue weighted by Gasteiger charge is 2.21. The second-order valence-corrected chi connectivity index (χ2v) is 7.07. The molecule has 2 aliphatic heterocycles. The van der Waals surface area contributed by atoms with E-state index in [1.165, 1.54) is 5.56 Å². The van der Waals surface area contributed by atoms with Crippen LogP contribution >= 0.6 is 0 Å². The fourth-order valence-electron chi connectivity index (χ4n) is 3.13. The van der Waals surface area contributed by atoms with Crippen LogP contribution in [0.25, 0.3) is 0 Å². The van der Waals surface area contributed by atoms with Gasteiger partial charge in [-0.1, -0.05) is 13.0 Å². The number of carbonyl (C=O) groups is 2. The van der Waals surface area contributed by atoms with E-state index in [0.717, 1.165) is 50.6 Å². The number of benzene rings is 1. The van der Waals surface area contributed by atoms with Crippen LogP contribution in [0.3, 0.4) is 0 Å². The maximum Gasteiger partial charge on any atom is 0.321 e. The monoisotopic (exact) mass is 376 g/mol. The maximum absolute atomic E-state index is 12.0. The highest BCUT2D eigenvalue weighted by Crippen LogP contribution is 2.32. The van der Waals surface area contributed by atoms with Gasteiger partial charge in [0.25, 0.3) is 0 Å². The second kappa shape index (κ2) is 9.05. The van der Waals surface area contributed by atoms with Gasteiger partial charge in [0.1, 0.15) is 0 Å². The van der Waals surface area contributed by atoms with Crippen molar-refractivity contribution in [1.29, 1.82) is 0 Å². The van der Waals surface area contributed by atoms with E-state index in [0.29, 0.717) is 0 Å². The Hall–Kier alpha value is -2.32. The number of carbonyl (C=O) groups excluding carboxylic acids is 2. The van der Waals surface area contributed by atoms with Crippen molar-refractivity contribution in [3.63, 3.8) is 0 Å². The molecule has 0 aliphatic carbocycles. The van der Waals surface area contributed by atoms with Crippen LogP contribution in [0, 0.1) is 0 Å². The standard InChI is InChI=1S/C19H28N4O4/c1-3-14(2)20-19(25)21-18(24)12-23-8-6-22(7-9-23)11-15-4-5-16-17(10-15)27-13-26-16/h4-5,10,14H,3,6-9,11-13H2,1-2H3,(H2,20,21,24,25)/t14-/m1/s1. The number of rotatable bonds is 6. The van der Waals surface area contributed by atoms with Crippen molar-refractivity contribution < 1.29 is 19.1 Å². The molecular formula is C19H28N4O4. The molecule has 3 amide bonds. The van der Waals surface area contributed by atoms with Crippen molar-refractivity contribution in [2.45, 2.75) is 32.9 Å². The molecule has 2 heterocycles. The lowest BCUT2D eigenvalue weighted by Crippen LogP contribution is -2.51. The number of piperazine rings is 1. The predicted molar refractivity (Wildman–Crippen MR) is 101 cm³/mol. The topological polar surface area (TPSA) is 83.1 Å². The van der Waals surface area contributed by atoms with Crippen molar-refractivity contribution in [1.82, 2.24) is 20.4 Å². The molecule has 0 spiro atoms. The van der Waals surface area contributed by atoms with Gasteiger partial charge in [0.2, 0.25) is 12.7 Å². The summed E-state index contributed by atoms with van der Waals surface area (Å²) in [5.74, 6) is 1.34. The minimum Gasteiger partial charge on any atom is -0.454 e. The van der Waals surface area contributed by atoms with Crippen molar-refractivity contribution in [3.8, 4) is 11.5 Å². The van der Waals surface area contributed by atoms with E-state index in [4.69, 9.17) is 9.47 Å². The first-order chi connectivity index (χ1) is 13.0. The van der Waals surface area contributed by atoms with Gasteiger partial charge in [0, 0.05) is 38.8 Å². The van der Waals surface area contributed by atoms with Gasteiger partial charge in [0.05, 0.1) is 6.54 Å². The Kier molecular flexibility index (Phi) is 6.52. The third-order valence-electron chi connectivity index (χ3n) is 4.92. The van der Waals surface area contributed by atoms with E-state index in [2.05, 4.69) is 26.5 Å². The predicted octanol–water partition coefficient (Wildman–Crippen LogP) is 1.16. The number of amides is 3. The van der Waals surface area contributed by atoms with E-state index >= 15 is 0 Å². The lowest BCUT2D eigenvalue weighted by atomic mass is 10.1. The van der Waals surface area contributed by atoms with Crippen molar-refractivity contribution in [2.75, 3.05) is 39.5 Å². The zero-order valence-electron chi connectivity index (χ0n) is 16.0. The van der Waals surface area contributed by atoms with E-state index in [-0.39, 0.29) is 25.3 Å². The third kappa shape index (κ3) is 5.58. The first-order valence-electron chi connectivity index (χ1n) is 9.47. The van der Waals surface area contributed by atoms with Crippen LogP contribution in [-0.2, 0) is 11.3 Å². The van der Waals surface area contributed by atoms with Crippen molar-refractivity contribution >= 4 is 11.9 Å². The zero-order chi connectivity index (χ0) is 19.2. The second-order valence-electron chi connectivity index (χ2n) is 7.07. The van der Waals surface area contributed by atoms with Crippen LogP contribution in [0.15, 0.2) is 18.2 Å². The molecule has 1 saturated heterocycles. The van der Waals surface area contributed by atoms with E-state index in [1.807, 2.05) is 26.0 Å². The lowest BCUT2D eigenvalue weighted by molar-refractivity contribution is -0.121. The Balaban J connectivity index is 1.38. The Morgan fingerprint density at radius 1 is 1.11 bits per heavy atom. The van der Waals surface area contributed by atoms with Crippen LogP contribution in [-0.4, -0.2) is 67.3 Å². The summed E-state index contributed by atoms with van der Waals surface area (Å²) in [6.07, 6.45) is 0.826. The van der Waals surface area contributed by atoms with Crippen LogP contribution < -0.4 is 20.1 Å². The molecule has 0 aromatic heterocycles. The quantitative estimate of drug-likeness (QED) is 0.775. The van der Waals surface area contributed by atoms with Gasteiger partial charge in [-0.25, -0.2) is 4.79 Å². The number of urea groups is 1. The summed E-state index contributed by atoms with van der Waals surface area (Å²) >= 11 is 0. The minimum absolute atomic E-state index is 0.0533. The fraction of sp³-hybridized carbons (Fsp3) is 0.579. The Bertz CT molecular complexity index is 674. The summed E-state index contributed by atoms with van der Waals surface area (Å²) < 4.78 is 10.8. The van der Waals surface area contributed by atoms with Crippen LogP contribution in [0.4, 0.5) is 4.79 Å². The highest BCUT2D eigenvalue weighted by molar-refractivity contribution is 5.95. The van der Waals surface area contributed by atoms with Crippen molar-refractivity contribution in [2.24, 2.45) is 0 Å². The fourth-order valence-corrected chi connectivity index (χ4v) is 3.13. The maximum atomic E-state index is 12.0. The molecule has 8 nitrogen and oxygen atoms in total. The Labute approximate surface area is 159 Å². The molecule has 1 fully saturated rings. The Morgan fingerprint density at radius 2 is 1.81 bits per heavy atom. The van der Waals surface area contributed by atoms with Gasteiger partial charge in [-0.2, -0.15) is 0 Å². The van der Waals surface area contributed by atoms with Gasteiger partial charge in [0.15, 0.2) is 11.5 Å². The number of hydrogen-bond donors (Lipinski definition) is 2. The number of ether oxygens (including phenoxy) is 2. The number of imide groups is 1. The first kappa shape index (κ1) is 19.4. The van der Waals surface area contributed by atoms with E-state index in [1.54, 1.807) is 0 Å². The Morgan fingerprint density at radius 3 is 2.56 bits per heavy atom. The molecule has 0 radical (unpaired) electrons. The van der Waals surface area contributed by atoms with Crippen LogP contribution in [0.5, 0.6) is 11.5 Å². The summed E-state index contributed by atoms with van der Waals surface area (Å²) in [4.78, 5) is 28.2. The highest BCUT2D eigenvalue weighted by atomic mass is 16.7. The molecule has 0 bridgehead atoms. The molecule has 148 valence electrons. The van der Waals surface area contributed by atoms with Crippen LogP contribution in [0.1, 0.15) is 25.8 Å². The van der Waals surface area contributed by atoms with Gasteiger partial charge in [-0.05, 0) is 31.0 Å². The van der Waals surface area contributed by atoms with Gasteiger partial charge in [-0.3, -0.25) is 19.9 Å². The number of nitrogens with zero attached hydrogens (tertiary/aromatic N) is 2. The van der Waals surface area contributed by atoms with Crippen LogP contribution in [0.2, 0.25) is 0 Å². The number of nitrogens with one attached hydrogen (secondary N) is 2. The average Bonchev–Trinajstić information content (AvgIpc) is 3.10. The molecule has 2 N–H and O–H groups in total. The summed E-state index contributed by atoms with van der Waals surface area (Å²) in [6.45, 7) is 8.60. The zero-order valence-corrected chi connectivity index (χ0v) is 16.0. The summed E-state index contributed by atoms with van der Waals surface area (Å²) in [6, 6.07) is 5.66. The SMILES string of the molecule is CC[C@@H](C)NC(=O)NC(=O)CN1CCN(Cc2ccc3c(c2)OCO3)CC1. The van der Waals surface area contributed by atoms with E-state index in [9.17, 15) is 9.59 Å². The summed E-state index contributed by atoms with van der Waals surface area (Å²) in [5.41, 5.74) is 1.19. The largest absolute Gasteiger partial charge is 0.454 e. The summed E-state index contributed by atoms with van der Waals surface area (Å²) in [7, 11) is 0. The number of fused-ring (bicyclic) bond motifs is 1. The lowest BCUT2D eigenvalue weighted by Gasteiger charge is -2.34. The molecule has 8 heteroatoms. The van der Waals surface area contributed by atoms with Gasteiger partial charge >= 0.3 is 6.03 Å². The molecule has 1 aromatic rings. The smallest absolute Gasteiger partial charge is 0.321 e. The number of hydrogen-bond acceptors (Lipinski definition) is 6. The molecule has 1 atom stereocenters. The average molecular weight is 376 g/mol. The molecule has 27 heavy (non-hydrogen) atoms. The third-order valence-corrected chi connectivity index (χ3v) is 4.92. The van der Waals surface area contributed by atoms with Crippen molar-refractivity contribution in [3.05, 3.63) is 23.8 Å². The molecule has 0 unspecified atom stereocenters. The molecule has 1 aromatic carbocycles. The molecule has 0 saturated carbocycles. The van der Waals surface area contributed by atoms with Gasteiger partial charge < -0.3 is 14.8 Å². The van der Waals surface area contributed by atoms with Gasteiger partial charge in [-0.15, -0.1) is 0 Å². The molecule has 2 aliphatic rings. The van der Waals surface area contributed by atoms with E-state index < -0.39 is 6.03 Å². The normalized spacial score (nSPS) is 18.1. The minimum atomic E-state index is -0.421. The molecule has 3 rings (SSSR count). The first-order valence-corrected chi connectivity index (χ1v) is 9.47. The summed E-state index contributed by atoms with van der Waals surface area (Å²) in [5, 5.41) is 5.13. The molecular weight excluding hydrogens is 348 g/mol.